The molecule has 0 radical (unpaired) electrons. The third kappa shape index (κ3) is 4.53. The number of benzene rings is 1. The van der Waals surface area contributed by atoms with E-state index in [0.29, 0.717) is 19.2 Å². The van der Waals surface area contributed by atoms with Crippen molar-refractivity contribution in [2.24, 2.45) is 0 Å². The van der Waals surface area contributed by atoms with Crippen molar-refractivity contribution in [2.45, 2.75) is 32.2 Å². The van der Waals surface area contributed by atoms with Gasteiger partial charge in [0.25, 0.3) is 0 Å². The Bertz CT molecular complexity index is 426. The molecule has 0 saturated heterocycles. The van der Waals surface area contributed by atoms with Gasteiger partial charge in [-0.15, -0.1) is 0 Å². The molecular weight excluding hydrogens is 254 g/mol. The second-order valence-corrected chi connectivity index (χ2v) is 5.10. The fourth-order valence-electron chi connectivity index (χ4n) is 2.27. The number of hydrogen-bond donors (Lipinski definition) is 0. The molecule has 0 unspecified atom stereocenters. The minimum absolute atomic E-state index is 0.117. The molecular formula is C16H23NO3. The Morgan fingerprint density at radius 3 is 2.55 bits per heavy atom. The van der Waals surface area contributed by atoms with Gasteiger partial charge in [0.2, 0.25) is 0 Å². The van der Waals surface area contributed by atoms with E-state index in [2.05, 4.69) is 17.0 Å². The first-order chi connectivity index (χ1) is 9.72. The van der Waals surface area contributed by atoms with Crippen molar-refractivity contribution in [3.05, 3.63) is 29.8 Å². The van der Waals surface area contributed by atoms with Crippen molar-refractivity contribution in [2.75, 3.05) is 26.8 Å². The number of carbonyl (C=O) groups excluding carboxylic acids is 1. The van der Waals surface area contributed by atoms with Gasteiger partial charge in [0, 0.05) is 12.6 Å². The van der Waals surface area contributed by atoms with E-state index in [0.717, 1.165) is 18.7 Å². The van der Waals surface area contributed by atoms with Crippen LogP contribution < -0.4 is 4.74 Å². The summed E-state index contributed by atoms with van der Waals surface area (Å²) in [7, 11) is 1.67. The van der Waals surface area contributed by atoms with Crippen LogP contribution in [0.2, 0.25) is 0 Å². The van der Waals surface area contributed by atoms with Gasteiger partial charge in [0.1, 0.15) is 5.75 Å². The van der Waals surface area contributed by atoms with Gasteiger partial charge >= 0.3 is 5.97 Å². The van der Waals surface area contributed by atoms with Gasteiger partial charge < -0.3 is 9.47 Å². The Balaban J connectivity index is 1.83. The number of carbonyl (C=O) groups is 1. The van der Waals surface area contributed by atoms with Gasteiger partial charge in [0.05, 0.1) is 20.3 Å². The highest BCUT2D eigenvalue weighted by molar-refractivity contribution is 5.71. The van der Waals surface area contributed by atoms with Crippen molar-refractivity contribution < 1.29 is 14.3 Å². The molecule has 2 rings (SSSR count). The summed E-state index contributed by atoms with van der Waals surface area (Å²) < 4.78 is 10.2. The highest BCUT2D eigenvalue weighted by Gasteiger charge is 2.30. The average Bonchev–Trinajstić information content (AvgIpc) is 3.29. The molecule has 4 heteroatoms. The van der Waals surface area contributed by atoms with E-state index in [1.165, 1.54) is 18.4 Å². The van der Waals surface area contributed by atoms with Gasteiger partial charge in [-0.05, 0) is 43.9 Å². The molecule has 1 aromatic carbocycles. The minimum Gasteiger partial charge on any atom is -0.497 e. The molecule has 110 valence electrons. The molecule has 0 heterocycles. The summed E-state index contributed by atoms with van der Waals surface area (Å²) in [5.41, 5.74) is 1.26. The first-order valence-corrected chi connectivity index (χ1v) is 7.25. The van der Waals surface area contributed by atoms with Gasteiger partial charge in [-0.3, -0.25) is 9.69 Å². The van der Waals surface area contributed by atoms with E-state index in [4.69, 9.17) is 9.47 Å². The van der Waals surface area contributed by atoms with Gasteiger partial charge in [-0.2, -0.15) is 0 Å². The number of ether oxygens (including phenoxy) is 2. The van der Waals surface area contributed by atoms with E-state index in [1.807, 2.05) is 19.1 Å². The lowest BCUT2D eigenvalue weighted by Gasteiger charge is -2.20. The summed E-state index contributed by atoms with van der Waals surface area (Å²) in [5, 5.41) is 0. The van der Waals surface area contributed by atoms with Crippen LogP contribution in [0, 0.1) is 0 Å². The van der Waals surface area contributed by atoms with Crippen LogP contribution in [0.15, 0.2) is 24.3 Å². The maximum absolute atomic E-state index is 11.6. The topological polar surface area (TPSA) is 38.8 Å². The normalized spacial score (nSPS) is 14.3. The van der Waals surface area contributed by atoms with Crippen LogP contribution >= 0.6 is 0 Å². The Kier molecular flexibility index (Phi) is 5.41. The summed E-state index contributed by atoms with van der Waals surface area (Å²) >= 11 is 0. The fraction of sp³-hybridized carbons (Fsp3) is 0.562. The molecule has 1 aliphatic rings. The number of methoxy groups -OCH3 is 1. The lowest BCUT2D eigenvalue weighted by Crippen LogP contribution is -2.34. The lowest BCUT2D eigenvalue weighted by atomic mass is 10.1. The maximum atomic E-state index is 11.6. The standard InChI is InChI=1S/C16H23NO3/c1-3-20-16(18)12-17(14-6-7-14)11-10-13-4-8-15(19-2)9-5-13/h4-5,8-9,14H,3,6-7,10-12H2,1-2H3. The summed E-state index contributed by atoms with van der Waals surface area (Å²) in [6, 6.07) is 8.67. The summed E-state index contributed by atoms with van der Waals surface area (Å²) in [4.78, 5) is 13.8. The highest BCUT2D eigenvalue weighted by atomic mass is 16.5. The maximum Gasteiger partial charge on any atom is 0.320 e. The number of esters is 1. The first-order valence-electron chi connectivity index (χ1n) is 7.25. The second kappa shape index (κ2) is 7.29. The van der Waals surface area contributed by atoms with E-state index in [1.54, 1.807) is 7.11 Å². The largest absolute Gasteiger partial charge is 0.497 e. The summed E-state index contributed by atoms with van der Waals surface area (Å²) in [6.45, 7) is 3.61. The molecule has 1 saturated carbocycles. The monoisotopic (exact) mass is 277 g/mol. The van der Waals surface area contributed by atoms with E-state index < -0.39 is 0 Å². The number of hydrogen-bond acceptors (Lipinski definition) is 4. The molecule has 0 bridgehead atoms. The van der Waals surface area contributed by atoms with Gasteiger partial charge in [-0.25, -0.2) is 0 Å². The predicted molar refractivity (Wildman–Crippen MR) is 77.9 cm³/mol. The smallest absolute Gasteiger partial charge is 0.320 e. The molecule has 0 aromatic heterocycles. The molecule has 0 N–H and O–H groups in total. The van der Waals surface area contributed by atoms with E-state index in [9.17, 15) is 4.79 Å². The molecule has 1 aromatic rings. The second-order valence-electron chi connectivity index (χ2n) is 5.10. The Labute approximate surface area is 120 Å². The molecule has 0 amide bonds. The Hall–Kier alpha value is -1.55. The Morgan fingerprint density at radius 2 is 2.00 bits per heavy atom. The van der Waals surface area contributed by atoms with Gasteiger partial charge in [0.15, 0.2) is 0 Å². The van der Waals surface area contributed by atoms with Crippen molar-refractivity contribution in [3.8, 4) is 5.75 Å². The minimum atomic E-state index is -0.117. The lowest BCUT2D eigenvalue weighted by molar-refractivity contribution is -0.144. The van der Waals surface area contributed by atoms with Crippen LogP contribution in [0.4, 0.5) is 0 Å². The molecule has 0 aliphatic heterocycles. The molecule has 0 atom stereocenters. The quantitative estimate of drug-likeness (QED) is 0.683. The van der Waals surface area contributed by atoms with Crippen LogP contribution in [-0.4, -0.2) is 43.7 Å². The molecule has 1 fully saturated rings. The van der Waals surface area contributed by atoms with E-state index in [-0.39, 0.29) is 5.97 Å². The Morgan fingerprint density at radius 1 is 1.30 bits per heavy atom. The zero-order valence-corrected chi connectivity index (χ0v) is 12.3. The predicted octanol–water partition coefficient (Wildman–Crippen LogP) is 2.27. The van der Waals surface area contributed by atoms with Crippen molar-refractivity contribution >= 4 is 5.97 Å². The zero-order valence-electron chi connectivity index (χ0n) is 12.3. The van der Waals surface area contributed by atoms with Crippen LogP contribution in [0.25, 0.3) is 0 Å². The SMILES string of the molecule is CCOC(=O)CN(CCc1ccc(OC)cc1)C1CC1. The third-order valence-electron chi connectivity index (χ3n) is 3.55. The van der Waals surface area contributed by atoms with Crippen molar-refractivity contribution in [1.82, 2.24) is 4.90 Å². The fourth-order valence-corrected chi connectivity index (χ4v) is 2.27. The molecule has 0 spiro atoms. The molecule has 4 nitrogen and oxygen atoms in total. The van der Waals surface area contributed by atoms with Crippen LogP contribution in [-0.2, 0) is 16.0 Å². The van der Waals surface area contributed by atoms with Crippen LogP contribution in [0.3, 0.4) is 0 Å². The van der Waals surface area contributed by atoms with Crippen LogP contribution in [0.1, 0.15) is 25.3 Å². The summed E-state index contributed by atoms with van der Waals surface area (Å²) in [5.74, 6) is 0.758. The molecule has 1 aliphatic carbocycles. The van der Waals surface area contributed by atoms with Crippen molar-refractivity contribution in [3.63, 3.8) is 0 Å². The highest BCUT2D eigenvalue weighted by Crippen LogP contribution is 2.27. The third-order valence-corrected chi connectivity index (χ3v) is 3.55. The van der Waals surface area contributed by atoms with E-state index >= 15 is 0 Å². The summed E-state index contributed by atoms with van der Waals surface area (Å²) in [6.07, 6.45) is 3.34. The number of nitrogens with zero attached hydrogens (tertiary/aromatic N) is 1. The van der Waals surface area contributed by atoms with Crippen molar-refractivity contribution in [1.29, 1.82) is 0 Å². The molecule has 20 heavy (non-hydrogen) atoms. The van der Waals surface area contributed by atoms with Crippen LogP contribution in [0.5, 0.6) is 5.75 Å². The first kappa shape index (κ1) is 14.9. The average molecular weight is 277 g/mol. The number of rotatable bonds is 8. The zero-order chi connectivity index (χ0) is 14.4. The van der Waals surface area contributed by atoms with Gasteiger partial charge in [-0.1, -0.05) is 12.1 Å².